The molecule has 1 aliphatic rings. The van der Waals surface area contributed by atoms with E-state index in [1.165, 1.54) is 37.7 Å². The SMILES string of the molecule is N#CC(=Cc1ccc(OCCOc2ccc(C3CCCCC3)cc2)cc1)C(=O)Nc1ccccc1. The van der Waals surface area contributed by atoms with Crippen LogP contribution in [0.5, 0.6) is 11.5 Å². The predicted octanol–water partition coefficient (Wildman–Crippen LogP) is 6.74. The molecule has 1 N–H and O–H groups in total. The fraction of sp³-hybridized carbons (Fsp3) is 0.267. The van der Waals surface area contributed by atoms with Gasteiger partial charge in [0.2, 0.25) is 0 Å². The smallest absolute Gasteiger partial charge is 0.266 e. The largest absolute Gasteiger partial charge is 0.490 e. The summed E-state index contributed by atoms with van der Waals surface area (Å²) in [6.07, 6.45) is 8.18. The van der Waals surface area contributed by atoms with Gasteiger partial charge in [-0.05, 0) is 72.4 Å². The minimum atomic E-state index is -0.442. The summed E-state index contributed by atoms with van der Waals surface area (Å²) < 4.78 is 11.6. The fourth-order valence-electron chi connectivity index (χ4n) is 4.29. The van der Waals surface area contributed by atoms with E-state index in [9.17, 15) is 10.1 Å². The van der Waals surface area contributed by atoms with Crippen LogP contribution in [0.25, 0.3) is 6.08 Å². The summed E-state index contributed by atoms with van der Waals surface area (Å²) in [5.74, 6) is 1.81. The first-order chi connectivity index (χ1) is 17.2. The van der Waals surface area contributed by atoms with Crippen LogP contribution < -0.4 is 14.8 Å². The summed E-state index contributed by atoms with van der Waals surface area (Å²) in [5.41, 5.74) is 2.83. The van der Waals surface area contributed by atoms with Crippen LogP contribution in [-0.4, -0.2) is 19.1 Å². The Kier molecular flexibility index (Phi) is 8.56. The van der Waals surface area contributed by atoms with E-state index in [0.717, 1.165) is 11.3 Å². The summed E-state index contributed by atoms with van der Waals surface area (Å²) in [6, 6.07) is 26.7. The highest BCUT2D eigenvalue weighted by Gasteiger charge is 2.15. The molecule has 1 amide bonds. The Morgan fingerprint density at radius 1 is 0.857 bits per heavy atom. The van der Waals surface area contributed by atoms with Crippen molar-refractivity contribution in [2.75, 3.05) is 18.5 Å². The van der Waals surface area contributed by atoms with E-state index in [1.54, 1.807) is 18.2 Å². The number of carbonyl (C=O) groups excluding carboxylic acids is 1. The number of hydrogen-bond donors (Lipinski definition) is 1. The molecule has 0 atom stereocenters. The Balaban J connectivity index is 1.23. The van der Waals surface area contributed by atoms with Crippen molar-refractivity contribution in [2.45, 2.75) is 38.0 Å². The summed E-state index contributed by atoms with van der Waals surface area (Å²) in [5, 5.41) is 12.1. The molecule has 0 aliphatic heterocycles. The Bertz CT molecular complexity index is 1160. The van der Waals surface area contributed by atoms with Gasteiger partial charge >= 0.3 is 0 Å². The quantitative estimate of drug-likeness (QED) is 0.215. The number of ether oxygens (including phenoxy) is 2. The van der Waals surface area contributed by atoms with Crippen molar-refractivity contribution in [3.8, 4) is 17.6 Å². The van der Waals surface area contributed by atoms with Gasteiger partial charge in [-0.1, -0.05) is 61.7 Å². The molecule has 1 aliphatic carbocycles. The number of carbonyl (C=O) groups is 1. The molecule has 178 valence electrons. The van der Waals surface area contributed by atoms with E-state index >= 15 is 0 Å². The van der Waals surface area contributed by atoms with Gasteiger partial charge in [0.15, 0.2) is 0 Å². The van der Waals surface area contributed by atoms with Crippen LogP contribution in [0.4, 0.5) is 5.69 Å². The van der Waals surface area contributed by atoms with Gasteiger partial charge in [0.05, 0.1) is 0 Å². The highest BCUT2D eigenvalue weighted by atomic mass is 16.5. The van der Waals surface area contributed by atoms with Crippen LogP contribution >= 0.6 is 0 Å². The molecule has 4 rings (SSSR count). The van der Waals surface area contributed by atoms with Crippen LogP contribution in [0.3, 0.4) is 0 Å². The Labute approximate surface area is 207 Å². The molecule has 0 unspecified atom stereocenters. The monoisotopic (exact) mass is 466 g/mol. The normalized spacial score (nSPS) is 14.1. The first-order valence-corrected chi connectivity index (χ1v) is 12.1. The number of anilines is 1. The van der Waals surface area contributed by atoms with Gasteiger partial charge in [0.25, 0.3) is 5.91 Å². The van der Waals surface area contributed by atoms with Gasteiger partial charge in [-0.2, -0.15) is 5.26 Å². The zero-order valence-electron chi connectivity index (χ0n) is 19.8. The predicted molar refractivity (Wildman–Crippen MR) is 138 cm³/mol. The van der Waals surface area contributed by atoms with Crippen molar-refractivity contribution in [1.29, 1.82) is 5.26 Å². The van der Waals surface area contributed by atoms with Gasteiger partial charge in [-0.25, -0.2) is 0 Å². The molecule has 0 saturated heterocycles. The minimum absolute atomic E-state index is 0.0328. The number of nitriles is 1. The molecule has 0 radical (unpaired) electrons. The third kappa shape index (κ3) is 7.22. The third-order valence-corrected chi connectivity index (χ3v) is 6.17. The van der Waals surface area contributed by atoms with Crippen LogP contribution in [-0.2, 0) is 4.79 Å². The molecule has 1 fully saturated rings. The van der Waals surface area contributed by atoms with E-state index in [-0.39, 0.29) is 5.57 Å². The lowest BCUT2D eigenvalue weighted by atomic mass is 9.84. The fourth-order valence-corrected chi connectivity index (χ4v) is 4.29. The van der Waals surface area contributed by atoms with E-state index in [2.05, 4.69) is 17.4 Å². The highest BCUT2D eigenvalue weighted by molar-refractivity contribution is 6.09. The van der Waals surface area contributed by atoms with Crippen molar-refractivity contribution < 1.29 is 14.3 Å². The molecule has 35 heavy (non-hydrogen) atoms. The van der Waals surface area contributed by atoms with Crippen molar-refractivity contribution >= 4 is 17.7 Å². The number of nitrogens with zero attached hydrogens (tertiary/aromatic N) is 1. The maximum absolute atomic E-state index is 12.4. The summed E-state index contributed by atoms with van der Waals surface area (Å²) in [7, 11) is 0. The standard InChI is InChI=1S/C30H30N2O3/c31-22-26(30(33)32-27-9-5-2-6-10-27)21-23-11-15-28(16-12-23)34-19-20-35-29-17-13-25(14-18-29)24-7-3-1-4-8-24/h2,5-6,9-18,21,24H,1,3-4,7-8,19-20H2,(H,32,33). The van der Waals surface area contributed by atoms with E-state index in [4.69, 9.17) is 9.47 Å². The zero-order chi connectivity index (χ0) is 24.3. The molecule has 0 aromatic heterocycles. The number of rotatable bonds is 9. The second-order valence-electron chi connectivity index (χ2n) is 8.66. The van der Waals surface area contributed by atoms with E-state index < -0.39 is 5.91 Å². The highest BCUT2D eigenvalue weighted by Crippen LogP contribution is 2.33. The molecule has 3 aromatic rings. The van der Waals surface area contributed by atoms with Gasteiger partial charge in [-0.3, -0.25) is 4.79 Å². The molecule has 5 heteroatoms. The number of benzene rings is 3. The molecular weight excluding hydrogens is 436 g/mol. The maximum atomic E-state index is 12.4. The van der Waals surface area contributed by atoms with Crippen LogP contribution in [0, 0.1) is 11.3 Å². The molecule has 1 saturated carbocycles. The van der Waals surface area contributed by atoms with Crippen molar-refractivity contribution in [3.05, 3.63) is 95.6 Å². The van der Waals surface area contributed by atoms with Crippen LogP contribution in [0.2, 0.25) is 0 Å². The Morgan fingerprint density at radius 2 is 1.46 bits per heavy atom. The first kappa shape index (κ1) is 24.1. The summed E-state index contributed by atoms with van der Waals surface area (Å²) in [6.45, 7) is 0.866. The summed E-state index contributed by atoms with van der Waals surface area (Å²) >= 11 is 0. The Morgan fingerprint density at radius 3 is 2.06 bits per heavy atom. The van der Waals surface area contributed by atoms with Gasteiger partial charge < -0.3 is 14.8 Å². The van der Waals surface area contributed by atoms with E-state index in [0.29, 0.717) is 30.6 Å². The first-order valence-electron chi connectivity index (χ1n) is 12.1. The lowest BCUT2D eigenvalue weighted by Gasteiger charge is -2.22. The number of hydrogen-bond acceptors (Lipinski definition) is 4. The molecule has 3 aromatic carbocycles. The number of para-hydroxylation sites is 1. The molecular formula is C30H30N2O3. The van der Waals surface area contributed by atoms with Gasteiger partial charge in [0, 0.05) is 5.69 Å². The lowest BCUT2D eigenvalue weighted by molar-refractivity contribution is -0.112. The minimum Gasteiger partial charge on any atom is -0.490 e. The summed E-state index contributed by atoms with van der Waals surface area (Å²) in [4.78, 5) is 12.4. The molecule has 0 spiro atoms. The number of amides is 1. The average molecular weight is 467 g/mol. The Hall–Kier alpha value is -4.04. The van der Waals surface area contributed by atoms with Crippen molar-refractivity contribution in [3.63, 3.8) is 0 Å². The number of nitrogens with one attached hydrogen (secondary N) is 1. The second kappa shape index (κ2) is 12.4. The molecule has 0 heterocycles. The van der Waals surface area contributed by atoms with E-state index in [1.807, 2.05) is 60.7 Å². The van der Waals surface area contributed by atoms with Gasteiger partial charge in [0.1, 0.15) is 36.4 Å². The van der Waals surface area contributed by atoms with Crippen LogP contribution in [0.1, 0.15) is 49.1 Å². The van der Waals surface area contributed by atoms with Crippen LogP contribution in [0.15, 0.2) is 84.4 Å². The van der Waals surface area contributed by atoms with Crippen molar-refractivity contribution in [1.82, 2.24) is 0 Å². The topological polar surface area (TPSA) is 71.3 Å². The maximum Gasteiger partial charge on any atom is 0.266 e. The second-order valence-corrected chi connectivity index (χ2v) is 8.66. The lowest BCUT2D eigenvalue weighted by Crippen LogP contribution is -2.13. The zero-order valence-corrected chi connectivity index (χ0v) is 19.8. The third-order valence-electron chi connectivity index (χ3n) is 6.17. The molecule has 5 nitrogen and oxygen atoms in total. The molecule has 0 bridgehead atoms. The van der Waals surface area contributed by atoms with Gasteiger partial charge in [-0.15, -0.1) is 0 Å². The average Bonchev–Trinajstić information content (AvgIpc) is 2.92. The van der Waals surface area contributed by atoms with Crippen molar-refractivity contribution in [2.24, 2.45) is 0 Å².